The van der Waals surface area contributed by atoms with Crippen LogP contribution in [0.15, 0.2) is 0 Å². The molecular formula is C10H18N2O5. The number of hydrogen-bond acceptors (Lipinski definition) is 4. The Morgan fingerprint density at radius 1 is 1.18 bits per heavy atom. The second-order valence-electron chi connectivity index (χ2n) is 4.16. The molecule has 0 heterocycles. The fourth-order valence-corrected chi connectivity index (χ4v) is 1.26. The van der Waals surface area contributed by atoms with Gasteiger partial charge in [0, 0.05) is 12.3 Å². The summed E-state index contributed by atoms with van der Waals surface area (Å²) in [5, 5.41) is 19.3. The SMILES string of the molecule is CC(C)C(CC(=O)NO)C(=O)N[C@@H](C)C(=O)O. The van der Waals surface area contributed by atoms with Crippen LogP contribution in [0.4, 0.5) is 0 Å². The third kappa shape index (κ3) is 5.30. The van der Waals surface area contributed by atoms with E-state index in [1.807, 2.05) is 0 Å². The van der Waals surface area contributed by atoms with Crippen LogP contribution in [-0.4, -0.2) is 34.1 Å². The maximum atomic E-state index is 11.7. The summed E-state index contributed by atoms with van der Waals surface area (Å²) in [6, 6.07) is -1.01. The average Bonchev–Trinajstić information content (AvgIpc) is 2.24. The Hall–Kier alpha value is -1.63. The van der Waals surface area contributed by atoms with E-state index in [9.17, 15) is 14.4 Å². The smallest absolute Gasteiger partial charge is 0.325 e. The average molecular weight is 246 g/mol. The Balaban J connectivity index is 4.55. The van der Waals surface area contributed by atoms with Crippen LogP contribution < -0.4 is 10.8 Å². The van der Waals surface area contributed by atoms with Crippen LogP contribution in [0.25, 0.3) is 0 Å². The first-order valence-electron chi connectivity index (χ1n) is 5.25. The van der Waals surface area contributed by atoms with Gasteiger partial charge in [-0.3, -0.25) is 19.6 Å². The van der Waals surface area contributed by atoms with E-state index < -0.39 is 29.7 Å². The van der Waals surface area contributed by atoms with Crippen LogP contribution >= 0.6 is 0 Å². The second kappa shape index (κ2) is 6.85. The predicted octanol–water partition coefficient (Wildman–Crippen LogP) is -0.257. The van der Waals surface area contributed by atoms with Gasteiger partial charge in [-0.1, -0.05) is 13.8 Å². The first kappa shape index (κ1) is 15.4. The molecule has 1 unspecified atom stereocenters. The van der Waals surface area contributed by atoms with Crippen LogP contribution in [0, 0.1) is 11.8 Å². The molecular weight excluding hydrogens is 228 g/mol. The Kier molecular flexibility index (Phi) is 6.19. The number of rotatable bonds is 6. The molecule has 0 aromatic heterocycles. The van der Waals surface area contributed by atoms with Gasteiger partial charge in [-0.15, -0.1) is 0 Å². The van der Waals surface area contributed by atoms with Gasteiger partial charge in [0.25, 0.3) is 0 Å². The van der Waals surface area contributed by atoms with Crippen molar-refractivity contribution < 1.29 is 24.7 Å². The first-order valence-corrected chi connectivity index (χ1v) is 5.25. The van der Waals surface area contributed by atoms with Gasteiger partial charge in [0.15, 0.2) is 0 Å². The fraction of sp³-hybridized carbons (Fsp3) is 0.700. The lowest BCUT2D eigenvalue weighted by Gasteiger charge is -2.20. The number of amides is 2. The van der Waals surface area contributed by atoms with Crippen LogP contribution in [0.3, 0.4) is 0 Å². The minimum absolute atomic E-state index is 0.145. The molecule has 0 fully saturated rings. The van der Waals surface area contributed by atoms with E-state index in [2.05, 4.69) is 5.32 Å². The summed E-state index contributed by atoms with van der Waals surface area (Å²) in [5.74, 6) is -3.16. The van der Waals surface area contributed by atoms with E-state index in [-0.39, 0.29) is 12.3 Å². The molecule has 4 N–H and O–H groups in total. The van der Waals surface area contributed by atoms with E-state index in [1.165, 1.54) is 12.4 Å². The number of hydroxylamine groups is 1. The van der Waals surface area contributed by atoms with Gasteiger partial charge in [0.05, 0.1) is 0 Å². The van der Waals surface area contributed by atoms with E-state index in [0.717, 1.165) is 0 Å². The quantitative estimate of drug-likeness (QED) is 0.381. The van der Waals surface area contributed by atoms with E-state index in [4.69, 9.17) is 10.3 Å². The largest absolute Gasteiger partial charge is 0.480 e. The van der Waals surface area contributed by atoms with Crippen molar-refractivity contribution in [2.45, 2.75) is 33.2 Å². The topological polar surface area (TPSA) is 116 Å². The lowest BCUT2D eigenvalue weighted by Crippen LogP contribution is -2.44. The molecule has 0 spiro atoms. The molecule has 2 amide bonds. The molecule has 0 saturated carbocycles. The van der Waals surface area contributed by atoms with Crippen LogP contribution in [0.2, 0.25) is 0 Å². The zero-order valence-electron chi connectivity index (χ0n) is 10.1. The molecule has 17 heavy (non-hydrogen) atoms. The zero-order valence-corrected chi connectivity index (χ0v) is 10.1. The van der Waals surface area contributed by atoms with Crippen molar-refractivity contribution in [3.8, 4) is 0 Å². The lowest BCUT2D eigenvalue weighted by atomic mass is 9.91. The maximum Gasteiger partial charge on any atom is 0.325 e. The van der Waals surface area contributed by atoms with Crippen molar-refractivity contribution >= 4 is 17.8 Å². The summed E-state index contributed by atoms with van der Waals surface area (Å²) < 4.78 is 0. The summed E-state index contributed by atoms with van der Waals surface area (Å²) in [4.78, 5) is 33.3. The highest BCUT2D eigenvalue weighted by molar-refractivity contribution is 5.88. The molecule has 0 aromatic carbocycles. The van der Waals surface area contributed by atoms with Gasteiger partial charge in [-0.05, 0) is 12.8 Å². The van der Waals surface area contributed by atoms with Crippen molar-refractivity contribution in [2.75, 3.05) is 0 Å². The molecule has 0 aliphatic rings. The standard InChI is InChI=1S/C10H18N2O5/c1-5(2)7(4-8(13)12-17)9(14)11-6(3)10(15)16/h5-7,17H,4H2,1-3H3,(H,11,14)(H,12,13)(H,15,16)/t6-,7?/m0/s1. The number of hydrogen-bond donors (Lipinski definition) is 4. The number of carbonyl (C=O) groups is 3. The van der Waals surface area contributed by atoms with Crippen molar-refractivity contribution in [1.82, 2.24) is 10.8 Å². The normalized spacial score (nSPS) is 13.9. The van der Waals surface area contributed by atoms with Crippen molar-refractivity contribution in [3.63, 3.8) is 0 Å². The molecule has 0 aliphatic heterocycles. The predicted molar refractivity (Wildman–Crippen MR) is 58.1 cm³/mol. The number of aliphatic carboxylic acids is 1. The monoisotopic (exact) mass is 246 g/mol. The zero-order chi connectivity index (χ0) is 13.6. The number of nitrogens with one attached hydrogen (secondary N) is 2. The summed E-state index contributed by atoms with van der Waals surface area (Å²) >= 11 is 0. The van der Waals surface area contributed by atoms with Crippen LogP contribution in [0.5, 0.6) is 0 Å². The number of carboxylic acid groups (broad SMARTS) is 1. The van der Waals surface area contributed by atoms with Gasteiger partial charge in [0.1, 0.15) is 6.04 Å². The summed E-state index contributed by atoms with van der Waals surface area (Å²) in [6.07, 6.45) is -0.188. The molecule has 0 aliphatic carbocycles. The number of carbonyl (C=O) groups excluding carboxylic acids is 2. The molecule has 0 bridgehead atoms. The summed E-state index contributed by atoms with van der Waals surface area (Å²) in [7, 11) is 0. The molecule has 0 aromatic rings. The third-order valence-electron chi connectivity index (χ3n) is 2.40. The molecule has 2 atom stereocenters. The van der Waals surface area contributed by atoms with Crippen LogP contribution in [0.1, 0.15) is 27.2 Å². The van der Waals surface area contributed by atoms with E-state index >= 15 is 0 Å². The molecule has 0 rings (SSSR count). The Bertz CT molecular complexity index is 303. The molecule has 98 valence electrons. The molecule has 7 heteroatoms. The first-order chi connectivity index (χ1) is 7.79. The van der Waals surface area contributed by atoms with Gasteiger partial charge < -0.3 is 10.4 Å². The Labute approximate surface area is 99.2 Å². The molecule has 0 radical (unpaired) electrons. The van der Waals surface area contributed by atoms with Crippen molar-refractivity contribution in [1.29, 1.82) is 0 Å². The van der Waals surface area contributed by atoms with E-state index in [0.29, 0.717) is 0 Å². The van der Waals surface area contributed by atoms with Crippen molar-refractivity contribution in [2.24, 2.45) is 11.8 Å². The highest BCUT2D eigenvalue weighted by atomic mass is 16.5. The second-order valence-corrected chi connectivity index (χ2v) is 4.16. The Morgan fingerprint density at radius 3 is 2.06 bits per heavy atom. The van der Waals surface area contributed by atoms with Crippen LogP contribution in [-0.2, 0) is 14.4 Å². The van der Waals surface area contributed by atoms with Gasteiger partial charge >= 0.3 is 5.97 Å². The Morgan fingerprint density at radius 2 is 1.71 bits per heavy atom. The minimum atomic E-state index is -1.15. The highest BCUT2D eigenvalue weighted by Crippen LogP contribution is 2.15. The van der Waals surface area contributed by atoms with E-state index in [1.54, 1.807) is 13.8 Å². The third-order valence-corrected chi connectivity index (χ3v) is 2.40. The maximum absolute atomic E-state index is 11.7. The lowest BCUT2D eigenvalue weighted by molar-refractivity contribution is -0.142. The highest BCUT2D eigenvalue weighted by Gasteiger charge is 2.27. The van der Waals surface area contributed by atoms with Crippen molar-refractivity contribution in [3.05, 3.63) is 0 Å². The van der Waals surface area contributed by atoms with Gasteiger partial charge in [-0.25, -0.2) is 5.48 Å². The number of carboxylic acids is 1. The summed E-state index contributed by atoms with van der Waals surface area (Å²) in [5.41, 5.74) is 1.45. The summed E-state index contributed by atoms with van der Waals surface area (Å²) in [6.45, 7) is 4.81. The van der Waals surface area contributed by atoms with Gasteiger partial charge in [-0.2, -0.15) is 0 Å². The molecule has 0 saturated heterocycles. The molecule has 7 nitrogen and oxygen atoms in total. The minimum Gasteiger partial charge on any atom is -0.480 e. The van der Waals surface area contributed by atoms with Gasteiger partial charge in [0.2, 0.25) is 11.8 Å². The fourth-order valence-electron chi connectivity index (χ4n) is 1.26.